The number of amides is 2. The number of carbonyl (C=O) groups is 3. The van der Waals surface area contributed by atoms with E-state index in [1.165, 1.54) is 27.8 Å². The van der Waals surface area contributed by atoms with Gasteiger partial charge in [0.1, 0.15) is 5.75 Å². The molecule has 2 fully saturated rings. The Bertz CT molecular complexity index is 1700. The summed E-state index contributed by atoms with van der Waals surface area (Å²) in [4.78, 5) is 42.8. The van der Waals surface area contributed by atoms with Gasteiger partial charge in [-0.25, -0.2) is 0 Å². The number of piperazine rings is 1. The molecule has 2 atom stereocenters. The fourth-order valence-corrected chi connectivity index (χ4v) is 7.31. The summed E-state index contributed by atoms with van der Waals surface area (Å²) < 4.78 is 6.19. The highest BCUT2D eigenvalue weighted by Gasteiger charge is 2.43. The highest BCUT2D eigenvalue weighted by atomic mass is 16.5. The van der Waals surface area contributed by atoms with E-state index in [0.29, 0.717) is 39.1 Å². The number of carboxylic acid groups (broad SMARTS) is 1. The molecule has 2 N–H and O–H groups in total. The van der Waals surface area contributed by atoms with Crippen LogP contribution in [0.5, 0.6) is 5.75 Å². The molecule has 3 aliphatic rings. The van der Waals surface area contributed by atoms with Crippen LogP contribution in [0.1, 0.15) is 71.9 Å². The number of carbonyl (C=O) groups excluding carboxylic acids is 2. The van der Waals surface area contributed by atoms with Crippen molar-refractivity contribution in [3.8, 4) is 5.75 Å². The van der Waals surface area contributed by atoms with Gasteiger partial charge in [0, 0.05) is 56.6 Å². The molecule has 8 nitrogen and oxygen atoms in total. The highest BCUT2D eigenvalue weighted by Crippen LogP contribution is 2.37. The number of nitrogens with one attached hydrogen (secondary N) is 1. The third-order valence-corrected chi connectivity index (χ3v) is 10.2. The molecule has 2 bridgehead atoms. The van der Waals surface area contributed by atoms with Gasteiger partial charge in [0.15, 0.2) is 0 Å². The fraction of sp³-hybridized carbons (Fsp3) is 0.439. The number of rotatable bonds is 14. The maximum absolute atomic E-state index is 14.7. The molecule has 3 aromatic rings. The van der Waals surface area contributed by atoms with Gasteiger partial charge in [-0.05, 0) is 97.9 Å². The van der Waals surface area contributed by atoms with Crippen LogP contribution in [0.4, 0.5) is 0 Å². The summed E-state index contributed by atoms with van der Waals surface area (Å²) in [5.74, 6) is 0.0613. The lowest BCUT2D eigenvalue weighted by Gasteiger charge is -2.45. The largest absolute Gasteiger partial charge is 0.493 e. The van der Waals surface area contributed by atoms with Crippen LogP contribution in [0.3, 0.4) is 0 Å². The Hall–Kier alpha value is -4.43. The summed E-state index contributed by atoms with van der Waals surface area (Å²) in [6.45, 7) is 8.47. The minimum atomic E-state index is -0.892. The van der Waals surface area contributed by atoms with Crippen molar-refractivity contribution in [1.82, 2.24) is 15.1 Å². The van der Waals surface area contributed by atoms with E-state index in [2.05, 4.69) is 79.5 Å². The maximum atomic E-state index is 14.7. The first-order valence-electron chi connectivity index (χ1n) is 17.8. The lowest BCUT2D eigenvalue weighted by Crippen LogP contribution is -2.62. The molecule has 1 saturated carbocycles. The van der Waals surface area contributed by atoms with Crippen LogP contribution in [-0.2, 0) is 27.2 Å². The van der Waals surface area contributed by atoms with Crippen LogP contribution in [0.2, 0.25) is 0 Å². The molecule has 6 rings (SSSR count). The van der Waals surface area contributed by atoms with E-state index in [4.69, 9.17) is 9.84 Å². The van der Waals surface area contributed by atoms with E-state index in [-0.39, 0.29) is 42.8 Å². The summed E-state index contributed by atoms with van der Waals surface area (Å²) in [5, 5.41) is 12.8. The normalized spacial score (nSPS) is 18.7. The molecular formula is C41H49N3O5. The third-order valence-electron chi connectivity index (χ3n) is 10.2. The Balaban J connectivity index is 1.23. The smallest absolute Gasteiger partial charge is 0.303 e. The SMILES string of the molecule is Cc1cc(C)c(C)c(OCCc2ccc(C3=C(C(=O)N(CCc4ccccc4)C4CC4)[C@H]4CN(C(=O)CCCC(=O)O)C[C@@H](C3)N4)cc2)c1. The van der Waals surface area contributed by atoms with Crippen molar-refractivity contribution in [3.63, 3.8) is 0 Å². The molecule has 258 valence electrons. The number of hydrogen-bond donors (Lipinski definition) is 2. The fourth-order valence-electron chi connectivity index (χ4n) is 7.31. The number of aryl methyl sites for hydroxylation is 2. The van der Waals surface area contributed by atoms with Crippen molar-refractivity contribution in [3.05, 3.63) is 106 Å². The molecule has 0 unspecified atom stereocenters. The van der Waals surface area contributed by atoms with Gasteiger partial charge in [0.05, 0.1) is 12.6 Å². The Morgan fingerprint density at radius 1 is 0.918 bits per heavy atom. The van der Waals surface area contributed by atoms with Gasteiger partial charge >= 0.3 is 5.97 Å². The summed E-state index contributed by atoms with van der Waals surface area (Å²) in [5.41, 5.74) is 8.86. The lowest BCUT2D eigenvalue weighted by atomic mass is 9.82. The number of aliphatic carboxylic acids is 1. The second kappa shape index (κ2) is 15.4. The van der Waals surface area contributed by atoms with Gasteiger partial charge in [-0.2, -0.15) is 0 Å². The number of benzene rings is 3. The molecule has 0 spiro atoms. The number of carboxylic acids is 1. The highest BCUT2D eigenvalue weighted by molar-refractivity contribution is 6.03. The molecule has 2 heterocycles. The molecule has 49 heavy (non-hydrogen) atoms. The van der Waals surface area contributed by atoms with E-state index in [1.54, 1.807) is 0 Å². The Labute approximate surface area is 290 Å². The maximum Gasteiger partial charge on any atom is 0.303 e. The Morgan fingerprint density at radius 3 is 2.37 bits per heavy atom. The van der Waals surface area contributed by atoms with Gasteiger partial charge in [-0.3, -0.25) is 14.4 Å². The van der Waals surface area contributed by atoms with E-state index < -0.39 is 5.97 Å². The van der Waals surface area contributed by atoms with Crippen LogP contribution in [-0.4, -0.2) is 77.1 Å². The van der Waals surface area contributed by atoms with E-state index in [0.717, 1.165) is 48.1 Å². The average molecular weight is 664 g/mol. The predicted octanol–water partition coefficient (Wildman–Crippen LogP) is 6.05. The predicted molar refractivity (Wildman–Crippen MR) is 191 cm³/mol. The van der Waals surface area contributed by atoms with Crippen LogP contribution in [0.25, 0.3) is 5.57 Å². The van der Waals surface area contributed by atoms with E-state index in [1.807, 2.05) is 23.1 Å². The first-order chi connectivity index (χ1) is 23.7. The number of hydrogen-bond acceptors (Lipinski definition) is 5. The van der Waals surface area contributed by atoms with Gasteiger partial charge in [-0.1, -0.05) is 60.7 Å². The van der Waals surface area contributed by atoms with Crippen molar-refractivity contribution in [1.29, 1.82) is 0 Å². The van der Waals surface area contributed by atoms with Crippen LogP contribution < -0.4 is 10.1 Å². The van der Waals surface area contributed by atoms with Crippen LogP contribution >= 0.6 is 0 Å². The summed E-state index contributed by atoms with van der Waals surface area (Å²) >= 11 is 0. The minimum absolute atomic E-state index is 0.0153. The Morgan fingerprint density at radius 2 is 1.65 bits per heavy atom. The molecular weight excluding hydrogens is 614 g/mol. The quantitative estimate of drug-likeness (QED) is 0.218. The lowest BCUT2D eigenvalue weighted by molar-refractivity contribution is -0.138. The second-order valence-corrected chi connectivity index (χ2v) is 14.0. The van der Waals surface area contributed by atoms with Gasteiger partial charge in [-0.15, -0.1) is 0 Å². The average Bonchev–Trinajstić information content (AvgIpc) is 3.92. The number of fused-ring (bicyclic) bond motifs is 2. The summed E-state index contributed by atoms with van der Waals surface area (Å²) in [6.07, 6.45) is 4.72. The van der Waals surface area contributed by atoms with E-state index in [9.17, 15) is 14.4 Å². The summed E-state index contributed by atoms with van der Waals surface area (Å²) in [6, 6.07) is 23.1. The topological polar surface area (TPSA) is 99.2 Å². The zero-order valence-corrected chi connectivity index (χ0v) is 29.0. The van der Waals surface area contributed by atoms with Crippen molar-refractivity contribution in [2.75, 3.05) is 26.2 Å². The van der Waals surface area contributed by atoms with Crippen molar-refractivity contribution in [2.24, 2.45) is 0 Å². The molecule has 1 aliphatic carbocycles. The zero-order chi connectivity index (χ0) is 34.5. The molecule has 8 heteroatoms. The summed E-state index contributed by atoms with van der Waals surface area (Å²) in [7, 11) is 0. The monoisotopic (exact) mass is 663 g/mol. The van der Waals surface area contributed by atoms with Gasteiger partial charge < -0.3 is 25.0 Å². The second-order valence-electron chi connectivity index (χ2n) is 14.0. The first-order valence-corrected chi connectivity index (χ1v) is 17.8. The standard InChI is InChI=1S/C41H49N3O5/c1-27-22-28(2)29(3)37(23-27)49-21-19-31-12-14-32(15-13-31)35-24-33-25-43(38(45)10-7-11-39(46)47)26-36(42-33)40(35)41(48)44(34-16-17-34)20-18-30-8-5-4-6-9-30/h4-6,8-9,12-15,22-23,33-34,36,42H,7,10-11,16-21,24-26H2,1-3H3,(H,46,47)/t33-,36-/m1/s1. The van der Waals surface area contributed by atoms with E-state index >= 15 is 0 Å². The molecule has 1 saturated heterocycles. The molecule has 2 aliphatic heterocycles. The third kappa shape index (κ3) is 8.60. The first kappa shape index (κ1) is 34.4. The van der Waals surface area contributed by atoms with Crippen molar-refractivity contribution in [2.45, 2.75) is 90.3 Å². The minimum Gasteiger partial charge on any atom is -0.493 e. The van der Waals surface area contributed by atoms with Gasteiger partial charge in [0.25, 0.3) is 5.91 Å². The molecule has 0 radical (unpaired) electrons. The molecule has 3 aromatic carbocycles. The molecule has 0 aromatic heterocycles. The molecule has 2 amide bonds. The van der Waals surface area contributed by atoms with Crippen molar-refractivity contribution >= 4 is 23.4 Å². The van der Waals surface area contributed by atoms with Crippen LogP contribution in [0, 0.1) is 20.8 Å². The van der Waals surface area contributed by atoms with Gasteiger partial charge in [0.2, 0.25) is 5.91 Å². The van der Waals surface area contributed by atoms with Crippen molar-refractivity contribution < 1.29 is 24.2 Å². The Kier molecular flexibility index (Phi) is 10.8. The zero-order valence-electron chi connectivity index (χ0n) is 29.0. The van der Waals surface area contributed by atoms with Crippen LogP contribution in [0.15, 0.2) is 72.3 Å². The number of nitrogens with zero attached hydrogens (tertiary/aromatic N) is 2. The number of ether oxygens (including phenoxy) is 1.